The molecule has 3 nitrogen and oxygen atoms in total. The molecule has 0 bridgehead atoms. The largest absolute Gasteiger partial charge is 0.490 e. The van der Waals surface area contributed by atoms with E-state index in [2.05, 4.69) is 22.9 Å². The average molecular weight is 305 g/mol. The van der Waals surface area contributed by atoms with Crippen molar-refractivity contribution in [1.29, 1.82) is 0 Å². The molecule has 0 saturated heterocycles. The maximum Gasteiger partial charge on any atom is 0.161 e. The van der Waals surface area contributed by atoms with E-state index in [4.69, 9.17) is 15.2 Å². The summed E-state index contributed by atoms with van der Waals surface area (Å²) < 4.78 is 11.6. The van der Waals surface area contributed by atoms with Crippen molar-refractivity contribution in [3.63, 3.8) is 0 Å². The summed E-state index contributed by atoms with van der Waals surface area (Å²) in [5, 5.41) is 4.24. The molecule has 0 fully saturated rings. The summed E-state index contributed by atoms with van der Waals surface area (Å²) in [7, 11) is 0. The molecule has 1 atom stereocenters. The summed E-state index contributed by atoms with van der Waals surface area (Å²) in [6, 6.07) is 8.35. The molecule has 1 aromatic carbocycles. The van der Waals surface area contributed by atoms with Crippen molar-refractivity contribution in [2.75, 3.05) is 13.2 Å². The molecule has 0 saturated carbocycles. The van der Waals surface area contributed by atoms with E-state index in [9.17, 15) is 0 Å². The summed E-state index contributed by atoms with van der Waals surface area (Å²) in [5.41, 5.74) is 8.34. The highest BCUT2D eigenvalue weighted by Gasteiger charge is 2.08. The van der Waals surface area contributed by atoms with Gasteiger partial charge in [-0.25, -0.2) is 0 Å². The van der Waals surface area contributed by atoms with Crippen LogP contribution in [0.1, 0.15) is 25.0 Å². The van der Waals surface area contributed by atoms with Crippen molar-refractivity contribution in [3.05, 3.63) is 46.2 Å². The van der Waals surface area contributed by atoms with E-state index >= 15 is 0 Å². The zero-order chi connectivity index (χ0) is 15.1. The fourth-order valence-electron chi connectivity index (χ4n) is 2.15. The number of rotatable bonds is 8. The van der Waals surface area contributed by atoms with Crippen molar-refractivity contribution in [1.82, 2.24) is 0 Å². The van der Waals surface area contributed by atoms with Gasteiger partial charge in [-0.1, -0.05) is 6.07 Å². The van der Waals surface area contributed by atoms with E-state index in [1.165, 1.54) is 11.1 Å². The van der Waals surface area contributed by atoms with E-state index in [1.54, 1.807) is 11.3 Å². The monoisotopic (exact) mass is 305 g/mol. The molecule has 1 unspecified atom stereocenters. The van der Waals surface area contributed by atoms with Gasteiger partial charge in [-0.05, 0) is 60.4 Å². The van der Waals surface area contributed by atoms with Crippen LogP contribution in [0.3, 0.4) is 0 Å². The molecule has 0 amide bonds. The first-order chi connectivity index (χ1) is 10.2. The normalized spacial score (nSPS) is 12.1. The van der Waals surface area contributed by atoms with Crippen molar-refractivity contribution in [2.45, 2.75) is 32.7 Å². The van der Waals surface area contributed by atoms with Gasteiger partial charge in [-0.3, -0.25) is 0 Å². The summed E-state index contributed by atoms with van der Waals surface area (Å²) in [5.74, 6) is 1.61. The Labute approximate surface area is 130 Å². The third-order valence-corrected chi connectivity index (χ3v) is 3.83. The van der Waals surface area contributed by atoms with Gasteiger partial charge in [0.2, 0.25) is 0 Å². The van der Waals surface area contributed by atoms with Crippen LogP contribution in [-0.4, -0.2) is 19.3 Å². The molecule has 0 aliphatic rings. The molecule has 1 heterocycles. The van der Waals surface area contributed by atoms with E-state index in [0.29, 0.717) is 13.2 Å². The minimum absolute atomic E-state index is 0.143. The summed E-state index contributed by atoms with van der Waals surface area (Å²) in [4.78, 5) is 0. The predicted octanol–water partition coefficient (Wildman–Crippen LogP) is 3.66. The van der Waals surface area contributed by atoms with Crippen LogP contribution in [-0.2, 0) is 12.8 Å². The molecular weight excluding hydrogens is 282 g/mol. The van der Waals surface area contributed by atoms with Gasteiger partial charge in [0, 0.05) is 12.5 Å². The van der Waals surface area contributed by atoms with Gasteiger partial charge in [0.15, 0.2) is 11.5 Å². The van der Waals surface area contributed by atoms with Gasteiger partial charge in [0.05, 0.1) is 13.2 Å². The fourth-order valence-corrected chi connectivity index (χ4v) is 2.86. The lowest BCUT2D eigenvalue weighted by Crippen LogP contribution is -2.17. The number of ether oxygens (including phenoxy) is 2. The van der Waals surface area contributed by atoms with E-state index in [0.717, 1.165) is 24.3 Å². The van der Waals surface area contributed by atoms with Crippen LogP contribution < -0.4 is 15.2 Å². The van der Waals surface area contributed by atoms with Crippen molar-refractivity contribution < 1.29 is 9.47 Å². The lowest BCUT2D eigenvalue weighted by Gasteiger charge is -2.14. The van der Waals surface area contributed by atoms with Gasteiger partial charge in [-0.2, -0.15) is 11.3 Å². The zero-order valence-electron chi connectivity index (χ0n) is 12.7. The van der Waals surface area contributed by atoms with Gasteiger partial charge in [0.1, 0.15) is 0 Å². The van der Waals surface area contributed by atoms with Gasteiger partial charge < -0.3 is 15.2 Å². The Morgan fingerprint density at radius 3 is 2.67 bits per heavy atom. The Morgan fingerprint density at radius 2 is 2.00 bits per heavy atom. The van der Waals surface area contributed by atoms with Crippen LogP contribution >= 0.6 is 11.3 Å². The maximum atomic E-state index is 5.87. The van der Waals surface area contributed by atoms with Gasteiger partial charge >= 0.3 is 0 Å². The minimum Gasteiger partial charge on any atom is -0.490 e. The Kier molecular flexibility index (Phi) is 6.08. The molecule has 0 spiro atoms. The maximum absolute atomic E-state index is 5.87. The third-order valence-electron chi connectivity index (χ3n) is 3.09. The molecule has 0 aliphatic carbocycles. The SMILES string of the molecule is CCOc1cc(CC(C)N)ccc1OCCc1ccsc1. The van der Waals surface area contributed by atoms with E-state index in [-0.39, 0.29) is 6.04 Å². The number of nitrogens with two attached hydrogens (primary N) is 1. The van der Waals surface area contributed by atoms with Crippen LogP contribution in [0.2, 0.25) is 0 Å². The van der Waals surface area contributed by atoms with Crippen molar-refractivity contribution >= 4 is 11.3 Å². The molecule has 0 radical (unpaired) electrons. The highest BCUT2D eigenvalue weighted by atomic mass is 32.1. The number of hydrogen-bond acceptors (Lipinski definition) is 4. The fraction of sp³-hybridized carbons (Fsp3) is 0.412. The molecule has 2 rings (SSSR count). The summed E-state index contributed by atoms with van der Waals surface area (Å²) >= 11 is 1.71. The molecule has 1 aromatic heterocycles. The lowest BCUT2D eigenvalue weighted by atomic mass is 10.1. The Bertz CT molecular complexity index is 538. The zero-order valence-corrected chi connectivity index (χ0v) is 13.5. The first kappa shape index (κ1) is 15.9. The quantitative estimate of drug-likeness (QED) is 0.809. The molecule has 4 heteroatoms. The Morgan fingerprint density at radius 1 is 1.14 bits per heavy atom. The number of benzene rings is 1. The van der Waals surface area contributed by atoms with Crippen LogP contribution in [0.25, 0.3) is 0 Å². The molecule has 2 N–H and O–H groups in total. The van der Waals surface area contributed by atoms with Crippen LogP contribution in [0.4, 0.5) is 0 Å². The Hall–Kier alpha value is -1.52. The second kappa shape index (κ2) is 8.05. The van der Waals surface area contributed by atoms with E-state index in [1.807, 2.05) is 26.0 Å². The van der Waals surface area contributed by atoms with Crippen molar-refractivity contribution in [3.8, 4) is 11.5 Å². The standard InChI is InChI=1S/C17H23NO2S/c1-3-19-17-11-15(10-13(2)18)4-5-16(17)20-8-6-14-7-9-21-12-14/h4-5,7,9,11-13H,3,6,8,10,18H2,1-2H3. The minimum atomic E-state index is 0.143. The summed E-state index contributed by atoms with van der Waals surface area (Å²) in [6.07, 6.45) is 1.76. The van der Waals surface area contributed by atoms with Gasteiger partial charge in [0.25, 0.3) is 0 Å². The van der Waals surface area contributed by atoms with Crippen molar-refractivity contribution in [2.24, 2.45) is 5.73 Å². The highest BCUT2D eigenvalue weighted by Crippen LogP contribution is 2.29. The highest BCUT2D eigenvalue weighted by molar-refractivity contribution is 7.07. The second-order valence-corrected chi connectivity index (χ2v) is 5.91. The number of hydrogen-bond donors (Lipinski definition) is 1. The molecule has 0 aliphatic heterocycles. The number of thiophene rings is 1. The molecule has 114 valence electrons. The molecule has 21 heavy (non-hydrogen) atoms. The smallest absolute Gasteiger partial charge is 0.161 e. The summed E-state index contributed by atoms with van der Waals surface area (Å²) in [6.45, 7) is 5.27. The molecule has 2 aromatic rings. The topological polar surface area (TPSA) is 44.5 Å². The predicted molar refractivity (Wildman–Crippen MR) is 88.5 cm³/mol. The first-order valence-corrected chi connectivity index (χ1v) is 8.28. The third kappa shape index (κ3) is 5.06. The van der Waals surface area contributed by atoms with Gasteiger partial charge in [-0.15, -0.1) is 0 Å². The first-order valence-electron chi connectivity index (χ1n) is 7.34. The van der Waals surface area contributed by atoms with E-state index < -0.39 is 0 Å². The lowest BCUT2D eigenvalue weighted by molar-refractivity contribution is 0.279. The Balaban J connectivity index is 1.99. The van der Waals surface area contributed by atoms with Crippen LogP contribution in [0, 0.1) is 0 Å². The molecular formula is C17H23NO2S. The van der Waals surface area contributed by atoms with Crippen LogP contribution in [0.15, 0.2) is 35.0 Å². The average Bonchev–Trinajstić information content (AvgIpc) is 2.94. The van der Waals surface area contributed by atoms with Crippen LogP contribution in [0.5, 0.6) is 11.5 Å². The second-order valence-electron chi connectivity index (χ2n) is 5.13.